The quantitative estimate of drug-likeness (QED) is 0.403. The predicted molar refractivity (Wildman–Crippen MR) is 139 cm³/mol. The summed E-state index contributed by atoms with van der Waals surface area (Å²) in [6.45, 7) is 7.42. The van der Waals surface area contributed by atoms with Crippen molar-refractivity contribution in [2.24, 2.45) is 5.92 Å². The van der Waals surface area contributed by atoms with Crippen molar-refractivity contribution in [2.45, 2.75) is 65.0 Å². The van der Waals surface area contributed by atoms with Gasteiger partial charge in [-0.3, -0.25) is 4.79 Å². The number of carbonyl (C=O) groups is 1. The summed E-state index contributed by atoms with van der Waals surface area (Å²) in [6.07, 6.45) is 6.83. The fourth-order valence-electron chi connectivity index (χ4n) is 5.88. The average molecular weight is 469 g/mol. The lowest BCUT2D eigenvalue weighted by atomic mass is 9.87. The van der Waals surface area contributed by atoms with Crippen molar-refractivity contribution in [2.75, 3.05) is 11.9 Å². The zero-order valence-corrected chi connectivity index (χ0v) is 20.7. The van der Waals surface area contributed by atoms with E-state index in [0.717, 1.165) is 34.0 Å². The van der Waals surface area contributed by atoms with Crippen molar-refractivity contribution in [3.63, 3.8) is 0 Å². The number of fused-ring (bicyclic) bond motifs is 4. The number of amides is 1. The molecule has 0 radical (unpaired) electrons. The highest BCUT2D eigenvalue weighted by atomic mass is 16.2. The average Bonchev–Trinajstić information content (AvgIpc) is 3.18. The molecule has 1 aromatic carbocycles. The predicted octanol–water partition coefficient (Wildman–Crippen LogP) is 5.94. The molecule has 1 N–H and O–H groups in total. The van der Waals surface area contributed by atoms with Gasteiger partial charge < -0.3 is 14.8 Å². The summed E-state index contributed by atoms with van der Waals surface area (Å²) < 4.78 is 2.45. The van der Waals surface area contributed by atoms with Crippen molar-refractivity contribution in [1.82, 2.24) is 24.4 Å². The third kappa shape index (κ3) is 3.93. The number of aromatic nitrogens is 4. The zero-order chi connectivity index (χ0) is 24.1. The van der Waals surface area contributed by atoms with Gasteiger partial charge in [-0.15, -0.1) is 0 Å². The van der Waals surface area contributed by atoms with E-state index in [0.29, 0.717) is 25.1 Å². The van der Waals surface area contributed by atoms with Gasteiger partial charge >= 0.3 is 0 Å². The summed E-state index contributed by atoms with van der Waals surface area (Å²) in [5, 5.41) is 5.66. The maximum Gasteiger partial charge on any atom is 0.230 e. The van der Waals surface area contributed by atoms with Gasteiger partial charge in [0.1, 0.15) is 11.5 Å². The molecule has 1 fully saturated rings. The third-order valence-corrected chi connectivity index (χ3v) is 7.82. The summed E-state index contributed by atoms with van der Waals surface area (Å²) in [7, 11) is 0. The third-order valence-electron chi connectivity index (χ3n) is 7.82. The first-order chi connectivity index (χ1) is 17.0. The molecule has 0 bridgehead atoms. The van der Waals surface area contributed by atoms with Gasteiger partial charge in [-0.1, -0.05) is 38.1 Å². The number of carbonyl (C=O) groups excluding carboxylic acids is 1. The van der Waals surface area contributed by atoms with Crippen molar-refractivity contribution >= 4 is 39.6 Å². The fraction of sp³-hybridized carbons (Fsp3) is 0.429. The van der Waals surface area contributed by atoms with Crippen molar-refractivity contribution < 1.29 is 4.79 Å². The Morgan fingerprint density at radius 3 is 2.60 bits per heavy atom. The molecule has 0 spiro atoms. The molecular weight excluding hydrogens is 436 g/mol. The van der Waals surface area contributed by atoms with Gasteiger partial charge in [0.2, 0.25) is 11.9 Å². The molecule has 7 heteroatoms. The van der Waals surface area contributed by atoms with Crippen LogP contribution in [-0.2, 0) is 11.3 Å². The molecule has 0 saturated heterocycles. The molecule has 1 aliphatic carbocycles. The summed E-state index contributed by atoms with van der Waals surface area (Å²) >= 11 is 0. The lowest BCUT2D eigenvalue weighted by molar-refractivity contribution is -0.130. The molecule has 35 heavy (non-hydrogen) atoms. The van der Waals surface area contributed by atoms with Crippen LogP contribution >= 0.6 is 0 Å². The van der Waals surface area contributed by atoms with Crippen LogP contribution in [0.1, 0.15) is 69.7 Å². The van der Waals surface area contributed by atoms with Crippen LogP contribution in [0.4, 0.5) is 11.8 Å². The van der Waals surface area contributed by atoms with E-state index in [-0.39, 0.29) is 11.8 Å². The largest absolute Gasteiger partial charge is 0.338 e. The number of nitrogens with zero attached hydrogens (tertiary/aromatic N) is 5. The molecule has 0 unspecified atom stereocenters. The van der Waals surface area contributed by atoms with E-state index in [1.54, 1.807) is 6.92 Å². The monoisotopic (exact) mass is 468 g/mol. The number of hydrogen-bond donors (Lipinski definition) is 1. The summed E-state index contributed by atoms with van der Waals surface area (Å²) in [6, 6.07) is 13.1. The van der Waals surface area contributed by atoms with E-state index >= 15 is 0 Å². The van der Waals surface area contributed by atoms with E-state index in [9.17, 15) is 4.79 Å². The summed E-state index contributed by atoms with van der Waals surface area (Å²) in [4.78, 5) is 28.3. The minimum Gasteiger partial charge on any atom is -0.338 e. The fourth-order valence-corrected chi connectivity index (χ4v) is 5.88. The molecule has 1 saturated carbocycles. The Bertz CT molecular complexity index is 1420. The minimum atomic E-state index is 0.106. The molecule has 4 aromatic rings. The Hall–Kier alpha value is -3.48. The van der Waals surface area contributed by atoms with Gasteiger partial charge in [0.05, 0.1) is 11.2 Å². The summed E-state index contributed by atoms with van der Waals surface area (Å²) in [5.74, 6) is 2.39. The van der Waals surface area contributed by atoms with Crippen LogP contribution < -0.4 is 5.32 Å². The summed E-state index contributed by atoms with van der Waals surface area (Å²) in [5.41, 5.74) is 4.38. The maximum absolute atomic E-state index is 11.9. The Balaban J connectivity index is 1.36. The highest BCUT2D eigenvalue weighted by molar-refractivity contribution is 6.06. The highest BCUT2D eigenvalue weighted by Gasteiger charge is 2.26. The Morgan fingerprint density at radius 1 is 1.00 bits per heavy atom. The molecule has 2 aliphatic rings. The number of pyridine rings is 1. The van der Waals surface area contributed by atoms with Gasteiger partial charge in [0, 0.05) is 48.9 Å². The van der Waals surface area contributed by atoms with Gasteiger partial charge in [0.15, 0.2) is 0 Å². The number of benzene rings is 1. The minimum absolute atomic E-state index is 0.106. The molecule has 4 heterocycles. The SMILES string of the molecule is CC(=O)N1Cc2ccc(Nc3ncc4c5ccccc5n(C5CCC(C)CC5)c4n3)nc2[C@H](C)C1. The molecule has 1 atom stereocenters. The second-order valence-electron chi connectivity index (χ2n) is 10.4. The van der Waals surface area contributed by atoms with Crippen LogP contribution in [0.25, 0.3) is 21.9 Å². The van der Waals surface area contributed by atoms with E-state index in [1.807, 2.05) is 17.2 Å². The molecule has 3 aromatic heterocycles. The topological polar surface area (TPSA) is 75.9 Å². The molecule has 1 amide bonds. The van der Waals surface area contributed by atoms with Crippen LogP contribution in [0.5, 0.6) is 0 Å². The first kappa shape index (κ1) is 22.0. The molecule has 1 aliphatic heterocycles. The molecule has 180 valence electrons. The Morgan fingerprint density at radius 2 is 1.80 bits per heavy atom. The molecular formula is C28H32N6O. The van der Waals surface area contributed by atoms with Gasteiger partial charge in [0.25, 0.3) is 0 Å². The second kappa shape index (κ2) is 8.63. The van der Waals surface area contributed by atoms with E-state index in [1.165, 1.54) is 36.6 Å². The normalized spacial score (nSPS) is 22.4. The van der Waals surface area contributed by atoms with E-state index in [2.05, 4.69) is 59.0 Å². The second-order valence-corrected chi connectivity index (χ2v) is 10.4. The van der Waals surface area contributed by atoms with E-state index < -0.39 is 0 Å². The Labute approximate surface area is 205 Å². The first-order valence-corrected chi connectivity index (χ1v) is 12.8. The maximum atomic E-state index is 11.9. The van der Waals surface area contributed by atoms with Gasteiger partial charge in [-0.25, -0.2) is 9.97 Å². The number of para-hydroxylation sites is 1. The van der Waals surface area contributed by atoms with Crippen molar-refractivity contribution in [3.8, 4) is 0 Å². The van der Waals surface area contributed by atoms with Crippen LogP contribution in [0.15, 0.2) is 42.6 Å². The van der Waals surface area contributed by atoms with Crippen LogP contribution in [0.2, 0.25) is 0 Å². The lowest BCUT2D eigenvalue weighted by Gasteiger charge is -2.31. The first-order valence-electron chi connectivity index (χ1n) is 12.8. The van der Waals surface area contributed by atoms with Crippen LogP contribution in [-0.4, -0.2) is 36.9 Å². The van der Waals surface area contributed by atoms with Crippen LogP contribution in [0, 0.1) is 5.92 Å². The lowest BCUT2D eigenvalue weighted by Crippen LogP contribution is -2.36. The molecule has 6 rings (SSSR count). The van der Waals surface area contributed by atoms with E-state index in [4.69, 9.17) is 9.97 Å². The standard InChI is InChI=1S/C28H32N6O/c1-17-8-11-21(12-9-17)34-24-7-5-4-6-22(24)23-14-29-28(32-27(23)34)31-25-13-10-20-16-33(19(3)35)15-18(2)26(20)30-25/h4-7,10,13-14,17-18,21H,8-9,11-12,15-16H2,1-3H3,(H,29,30,31,32)/t17?,18-,21?/m1/s1. The zero-order valence-electron chi connectivity index (χ0n) is 20.7. The number of hydrogen-bond acceptors (Lipinski definition) is 5. The molecule has 7 nitrogen and oxygen atoms in total. The van der Waals surface area contributed by atoms with Gasteiger partial charge in [-0.05, 0) is 49.3 Å². The number of nitrogens with one attached hydrogen (secondary N) is 1. The number of rotatable bonds is 3. The number of anilines is 2. The van der Waals surface area contributed by atoms with Crippen molar-refractivity contribution in [3.05, 3.63) is 53.9 Å². The Kier molecular flexibility index (Phi) is 5.43. The highest BCUT2D eigenvalue weighted by Crippen LogP contribution is 2.38. The van der Waals surface area contributed by atoms with Gasteiger partial charge in [-0.2, -0.15) is 4.98 Å². The van der Waals surface area contributed by atoms with Crippen LogP contribution in [0.3, 0.4) is 0 Å². The van der Waals surface area contributed by atoms with Crippen molar-refractivity contribution in [1.29, 1.82) is 0 Å². The smallest absolute Gasteiger partial charge is 0.230 e.